The SMILES string of the molecule is CC(C)(C)c1cc2nncn2cn1. The molecule has 0 radical (unpaired) electrons. The van der Waals surface area contributed by atoms with E-state index in [1.54, 1.807) is 17.1 Å². The van der Waals surface area contributed by atoms with Gasteiger partial charge in [-0.15, -0.1) is 10.2 Å². The van der Waals surface area contributed by atoms with Crippen LogP contribution in [0.1, 0.15) is 26.5 Å². The molecule has 0 amide bonds. The molecule has 0 bridgehead atoms. The van der Waals surface area contributed by atoms with Gasteiger partial charge in [-0.2, -0.15) is 0 Å². The fourth-order valence-corrected chi connectivity index (χ4v) is 1.14. The van der Waals surface area contributed by atoms with Crippen LogP contribution in [0.15, 0.2) is 18.7 Å². The van der Waals surface area contributed by atoms with Crippen molar-refractivity contribution in [1.29, 1.82) is 0 Å². The highest BCUT2D eigenvalue weighted by Gasteiger charge is 2.15. The first-order chi connectivity index (χ1) is 6.07. The highest BCUT2D eigenvalue weighted by atomic mass is 15.2. The highest BCUT2D eigenvalue weighted by Crippen LogP contribution is 2.19. The third-order valence-electron chi connectivity index (χ3n) is 1.96. The predicted octanol–water partition coefficient (Wildman–Crippen LogP) is 1.42. The second kappa shape index (κ2) is 2.52. The lowest BCUT2D eigenvalue weighted by Crippen LogP contribution is -2.13. The average molecular weight is 176 g/mol. The van der Waals surface area contributed by atoms with E-state index in [0.717, 1.165) is 11.3 Å². The van der Waals surface area contributed by atoms with Gasteiger partial charge in [-0.25, -0.2) is 4.98 Å². The number of fused-ring (bicyclic) bond motifs is 1. The molecule has 68 valence electrons. The van der Waals surface area contributed by atoms with Crippen molar-refractivity contribution >= 4 is 5.65 Å². The monoisotopic (exact) mass is 176 g/mol. The van der Waals surface area contributed by atoms with Crippen LogP contribution in [-0.2, 0) is 5.41 Å². The van der Waals surface area contributed by atoms with Crippen molar-refractivity contribution in [1.82, 2.24) is 19.6 Å². The fourth-order valence-electron chi connectivity index (χ4n) is 1.14. The van der Waals surface area contributed by atoms with Gasteiger partial charge in [-0.1, -0.05) is 20.8 Å². The summed E-state index contributed by atoms with van der Waals surface area (Å²) in [6.45, 7) is 6.38. The summed E-state index contributed by atoms with van der Waals surface area (Å²) in [5.74, 6) is 0. The lowest BCUT2D eigenvalue weighted by molar-refractivity contribution is 0.567. The summed E-state index contributed by atoms with van der Waals surface area (Å²) in [7, 11) is 0. The minimum atomic E-state index is 0.0632. The van der Waals surface area contributed by atoms with E-state index in [-0.39, 0.29) is 5.41 Å². The Morgan fingerprint density at radius 3 is 2.69 bits per heavy atom. The third-order valence-corrected chi connectivity index (χ3v) is 1.96. The van der Waals surface area contributed by atoms with Gasteiger partial charge in [0.1, 0.15) is 12.7 Å². The summed E-state index contributed by atoms with van der Waals surface area (Å²) in [6, 6.07) is 1.97. The topological polar surface area (TPSA) is 43.1 Å². The van der Waals surface area contributed by atoms with E-state index >= 15 is 0 Å². The summed E-state index contributed by atoms with van der Waals surface area (Å²) in [5, 5.41) is 7.76. The fraction of sp³-hybridized carbons (Fsp3) is 0.444. The Bertz CT molecular complexity index is 424. The van der Waals surface area contributed by atoms with Crippen molar-refractivity contribution in [2.45, 2.75) is 26.2 Å². The number of rotatable bonds is 0. The zero-order valence-corrected chi connectivity index (χ0v) is 8.02. The van der Waals surface area contributed by atoms with Gasteiger partial charge in [-0.3, -0.25) is 4.40 Å². The Morgan fingerprint density at radius 1 is 1.23 bits per heavy atom. The molecule has 0 saturated carbocycles. The van der Waals surface area contributed by atoms with Crippen LogP contribution in [0.2, 0.25) is 0 Å². The zero-order chi connectivity index (χ0) is 9.47. The standard InChI is InChI=1S/C9H12N4/c1-9(2,3)7-4-8-12-11-6-13(8)5-10-7/h4-6H,1-3H3. The number of hydrogen-bond donors (Lipinski definition) is 0. The van der Waals surface area contributed by atoms with Crippen molar-refractivity contribution in [3.63, 3.8) is 0 Å². The average Bonchev–Trinajstić information content (AvgIpc) is 2.47. The molecular formula is C9H12N4. The molecule has 0 aliphatic heterocycles. The molecular weight excluding hydrogens is 164 g/mol. The molecule has 2 heterocycles. The lowest BCUT2D eigenvalue weighted by atomic mass is 9.92. The summed E-state index contributed by atoms with van der Waals surface area (Å²) < 4.78 is 1.80. The van der Waals surface area contributed by atoms with E-state index < -0.39 is 0 Å². The Morgan fingerprint density at radius 2 is 2.00 bits per heavy atom. The van der Waals surface area contributed by atoms with E-state index in [2.05, 4.69) is 36.0 Å². The van der Waals surface area contributed by atoms with Gasteiger partial charge in [0, 0.05) is 11.5 Å². The largest absolute Gasteiger partial charge is 0.272 e. The van der Waals surface area contributed by atoms with E-state index in [1.165, 1.54) is 0 Å². The van der Waals surface area contributed by atoms with E-state index in [0.29, 0.717) is 0 Å². The predicted molar refractivity (Wildman–Crippen MR) is 49.5 cm³/mol. The van der Waals surface area contributed by atoms with Crippen molar-refractivity contribution < 1.29 is 0 Å². The lowest BCUT2D eigenvalue weighted by Gasteiger charge is -2.16. The summed E-state index contributed by atoms with van der Waals surface area (Å²) in [6.07, 6.45) is 3.39. The molecule has 0 unspecified atom stereocenters. The number of hydrogen-bond acceptors (Lipinski definition) is 3. The quantitative estimate of drug-likeness (QED) is 0.609. The van der Waals surface area contributed by atoms with Crippen LogP contribution >= 0.6 is 0 Å². The van der Waals surface area contributed by atoms with Crippen LogP contribution < -0.4 is 0 Å². The van der Waals surface area contributed by atoms with Gasteiger partial charge in [0.25, 0.3) is 0 Å². The minimum absolute atomic E-state index is 0.0632. The van der Waals surface area contributed by atoms with Crippen LogP contribution in [0.25, 0.3) is 5.65 Å². The van der Waals surface area contributed by atoms with Crippen LogP contribution in [-0.4, -0.2) is 19.6 Å². The van der Waals surface area contributed by atoms with Crippen LogP contribution in [0.3, 0.4) is 0 Å². The molecule has 0 aromatic carbocycles. The second-order valence-electron chi connectivity index (χ2n) is 4.12. The smallest absolute Gasteiger partial charge is 0.163 e. The van der Waals surface area contributed by atoms with Crippen molar-refractivity contribution in [2.75, 3.05) is 0 Å². The van der Waals surface area contributed by atoms with Crippen molar-refractivity contribution in [3.05, 3.63) is 24.4 Å². The molecule has 2 aromatic rings. The Labute approximate surface area is 76.6 Å². The third kappa shape index (κ3) is 1.39. The van der Waals surface area contributed by atoms with Crippen LogP contribution in [0, 0.1) is 0 Å². The van der Waals surface area contributed by atoms with Gasteiger partial charge in [0.05, 0.1) is 5.69 Å². The Balaban J connectivity index is 2.61. The zero-order valence-electron chi connectivity index (χ0n) is 8.02. The molecule has 0 N–H and O–H groups in total. The molecule has 0 fully saturated rings. The maximum absolute atomic E-state index is 4.33. The summed E-state index contributed by atoms with van der Waals surface area (Å²) in [4.78, 5) is 4.33. The van der Waals surface area contributed by atoms with Crippen molar-refractivity contribution in [3.8, 4) is 0 Å². The molecule has 0 spiro atoms. The van der Waals surface area contributed by atoms with E-state index in [4.69, 9.17) is 0 Å². The first kappa shape index (κ1) is 8.16. The van der Waals surface area contributed by atoms with Crippen molar-refractivity contribution in [2.24, 2.45) is 0 Å². The maximum Gasteiger partial charge on any atom is 0.163 e. The molecule has 13 heavy (non-hydrogen) atoms. The first-order valence-corrected chi connectivity index (χ1v) is 4.23. The molecule has 4 heteroatoms. The summed E-state index contributed by atoms with van der Waals surface area (Å²) >= 11 is 0. The summed E-state index contributed by atoms with van der Waals surface area (Å²) in [5.41, 5.74) is 1.95. The Kier molecular flexibility index (Phi) is 1.58. The van der Waals surface area contributed by atoms with E-state index in [9.17, 15) is 0 Å². The molecule has 2 rings (SSSR count). The van der Waals surface area contributed by atoms with E-state index in [1.807, 2.05) is 6.07 Å². The van der Waals surface area contributed by atoms with Crippen LogP contribution in [0.5, 0.6) is 0 Å². The molecule has 4 nitrogen and oxygen atoms in total. The van der Waals surface area contributed by atoms with Gasteiger partial charge >= 0.3 is 0 Å². The minimum Gasteiger partial charge on any atom is -0.272 e. The Hall–Kier alpha value is -1.45. The number of nitrogens with zero attached hydrogens (tertiary/aromatic N) is 4. The van der Waals surface area contributed by atoms with Gasteiger partial charge < -0.3 is 0 Å². The maximum atomic E-state index is 4.33. The van der Waals surface area contributed by atoms with Crippen LogP contribution in [0.4, 0.5) is 0 Å². The van der Waals surface area contributed by atoms with Gasteiger partial charge in [0.2, 0.25) is 0 Å². The van der Waals surface area contributed by atoms with Gasteiger partial charge in [0.15, 0.2) is 5.65 Å². The normalized spacial score (nSPS) is 12.2. The molecule has 0 atom stereocenters. The van der Waals surface area contributed by atoms with Gasteiger partial charge in [-0.05, 0) is 0 Å². The highest BCUT2D eigenvalue weighted by molar-refractivity contribution is 5.38. The first-order valence-electron chi connectivity index (χ1n) is 4.23. The number of aromatic nitrogens is 4. The molecule has 2 aromatic heterocycles. The molecule has 0 aliphatic rings. The molecule has 0 aliphatic carbocycles. The second-order valence-corrected chi connectivity index (χ2v) is 4.12. The molecule has 0 saturated heterocycles.